The van der Waals surface area contributed by atoms with Gasteiger partial charge in [0, 0.05) is 68.3 Å². The lowest BCUT2D eigenvalue weighted by Gasteiger charge is -2.22. The van der Waals surface area contributed by atoms with Crippen LogP contribution in [0.1, 0.15) is 41.2 Å². The van der Waals surface area contributed by atoms with E-state index in [-0.39, 0.29) is 28.5 Å². The summed E-state index contributed by atoms with van der Waals surface area (Å²) in [7, 11) is 3.33. The highest BCUT2D eigenvalue weighted by Gasteiger charge is 2.32. The Bertz CT molecular complexity index is 2080. The molecule has 1 aliphatic heterocycles. The van der Waals surface area contributed by atoms with E-state index in [1.165, 1.54) is 14.7 Å². The number of nitrogens with zero attached hydrogens (tertiary/aromatic N) is 8. The maximum absolute atomic E-state index is 13.7. The van der Waals surface area contributed by atoms with Gasteiger partial charge in [0.25, 0.3) is 17.0 Å². The summed E-state index contributed by atoms with van der Waals surface area (Å²) in [4.78, 5) is 49.9. The fraction of sp³-hybridized carbons (Fsp3) is 0.333. The lowest BCUT2D eigenvalue weighted by molar-refractivity contribution is 0.0743. The number of aliphatic hydroxyl groups excluding tert-OH is 1. The van der Waals surface area contributed by atoms with Crippen molar-refractivity contribution in [3.05, 3.63) is 86.2 Å². The molecule has 2 N–H and O–H groups in total. The van der Waals surface area contributed by atoms with Gasteiger partial charge in [0.15, 0.2) is 11.6 Å². The van der Waals surface area contributed by atoms with E-state index in [9.17, 15) is 19.5 Å². The maximum atomic E-state index is 13.7. The average Bonchev–Trinajstić information content (AvgIpc) is 3.63. The quantitative estimate of drug-likeness (QED) is 0.320. The van der Waals surface area contributed by atoms with Gasteiger partial charge in [-0.05, 0) is 36.0 Å². The normalized spacial score (nSPS) is 15.7. The molecule has 220 valence electrons. The minimum Gasteiger partial charge on any atom is -0.392 e. The van der Waals surface area contributed by atoms with Crippen LogP contribution in [-0.2, 0) is 33.0 Å². The zero-order chi connectivity index (χ0) is 30.2. The van der Waals surface area contributed by atoms with Gasteiger partial charge in [-0.1, -0.05) is 13.8 Å². The number of hydrogen-bond donors (Lipinski definition) is 2. The predicted octanol–water partition coefficient (Wildman–Crippen LogP) is 1.89. The number of likely N-dealkylation sites (N-methyl/N-ethyl adjacent to an activating group) is 1. The van der Waals surface area contributed by atoms with Crippen LogP contribution in [0.4, 0.5) is 11.6 Å². The Labute approximate surface area is 245 Å². The third-order valence-corrected chi connectivity index (χ3v) is 8.36. The zero-order valence-corrected chi connectivity index (χ0v) is 24.3. The molecule has 0 saturated heterocycles. The predicted molar refractivity (Wildman–Crippen MR) is 159 cm³/mol. The Morgan fingerprint density at radius 3 is 2.65 bits per heavy atom. The molecule has 7 rings (SSSR count). The molecule has 5 aromatic rings. The fourth-order valence-corrected chi connectivity index (χ4v) is 6.21. The van der Waals surface area contributed by atoms with Crippen LogP contribution in [0.2, 0.25) is 0 Å². The van der Waals surface area contributed by atoms with E-state index >= 15 is 0 Å². The van der Waals surface area contributed by atoms with Crippen LogP contribution in [0, 0.1) is 5.41 Å². The summed E-state index contributed by atoms with van der Waals surface area (Å²) < 4.78 is 6.38. The fourth-order valence-electron chi connectivity index (χ4n) is 6.21. The van der Waals surface area contributed by atoms with Crippen molar-refractivity contribution in [3.8, 4) is 17.1 Å². The molecule has 1 amide bonds. The smallest absolute Gasteiger partial charge is 0.293 e. The molecule has 0 unspecified atom stereocenters. The van der Waals surface area contributed by atoms with Gasteiger partial charge in [-0.25, -0.2) is 9.97 Å². The Morgan fingerprint density at radius 1 is 1.05 bits per heavy atom. The summed E-state index contributed by atoms with van der Waals surface area (Å²) in [6.07, 6.45) is 8.45. The lowest BCUT2D eigenvalue weighted by atomic mass is 9.90. The molecule has 6 heterocycles. The minimum atomic E-state index is -0.418. The molecule has 13 nitrogen and oxygen atoms in total. The van der Waals surface area contributed by atoms with Crippen molar-refractivity contribution in [3.63, 3.8) is 0 Å². The van der Waals surface area contributed by atoms with Crippen molar-refractivity contribution in [1.29, 1.82) is 0 Å². The highest BCUT2D eigenvalue weighted by molar-refractivity contribution is 5.94. The topological polar surface area (TPSA) is 145 Å². The van der Waals surface area contributed by atoms with Gasteiger partial charge in [-0.15, -0.1) is 0 Å². The average molecular weight is 582 g/mol. The van der Waals surface area contributed by atoms with Crippen molar-refractivity contribution in [2.75, 3.05) is 18.9 Å². The van der Waals surface area contributed by atoms with Gasteiger partial charge >= 0.3 is 0 Å². The number of carbonyl (C=O) groups is 1. The molecular formula is C30H31N9O4. The number of rotatable bonds is 5. The summed E-state index contributed by atoms with van der Waals surface area (Å²) in [5.41, 5.74) is 4.10. The van der Waals surface area contributed by atoms with Gasteiger partial charge in [-0.2, -0.15) is 5.10 Å². The van der Waals surface area contributed by atoms with Crippen molar-refractivity contribution in [2.45, 2.75) is 39.8 Å². The molecule has 0 bridgehead atoms. The Balaban J connectivity index is 1.29. The Hall–Kier alpha value is -5.04. The molecule has 0 fully saturated rings. The molecular weight excluding hydrogens is 550 g/mol. The van der Waals surface area contributed by atoms with Gasteiger partial charge < -0.3 is 24.3 Å². The van der Waals surface area contributed by atoms with Gasteiger partial charge in [0.1, 0.15) is 17.0 Å². The monoisotopic (exact) mass is 581 g/mol. The summed E-state index contributed by atoms with van der Waals surface area (Å²) in [6.45, 7) is 5.11. The maximum Gasteiger partial charge on any atom is 0.293 e. The first-order valence-electron chi connectivity index (χ1n) is 14.1. The molecule has 43 heavy (non-hydrogen) atoms. The molecule has 2 aliphatic rings. The number of aromatic nitrogens is 7. The van der Waals surface area contributed by atoms with Crippen LogP contribution in [-0.4, -0.2) is 62.8 Å². The number of nitrogens with one attached hydrogen (secondary N) is 1. The first kappa shape index (κ1) is 26.8. The van der Waals surface area contributed by atoms with E-state index < -0.39 is 12.2 Å². The molecule has 0 saturated carbocycles. The van der Waals surface area contributed by atoms with Gasteiger partial charge in [-0.3, -0.25) is 23.6 Å². The standard InChI is InChI=1S/C30H31N9O4/c1-30(2)13-17-11-21-28(42)38(9-8-37(21)23(17)14-30)26-19(16-40)18(5-6-31-26)20-15-36(4)29(43)25(32-20)33-24-12-22-27(41)35(3)7-10-39(22)34-24/h5-6,8-9,11-12,15,40H,7,10,13-14,16H2,1-4H3,(H,32,33,34). The lowest BCUT2D eigenvalue weighted by Crippen LogP contribution is -2.37. The highest BCUT2D eigenvalue weighted by Crippen LogP contribution is 2.37. The van der Waals surface area contributed by atoms with Crippen molar-refractivity contribution in [2.24, 2.45) is 12.5 Å². The number of amides is 1. The molecule has 0 aromatic carbocycles. The van der Waals surface area contributed by atoms with Gasteiger partial charge in [0.2, 0.25) is 0 Å². The number of aryl methyl sites for hydroxylation is 1. The Morgan fingerprint density at radius 2 is 1.86 bits per heavy atom. The van der Waals surface area contributed by atoms with Crippen LogP contribution in [0.3, 0.4) is 0 Å². The number of hydrogen-bond acceptors (Lipinski definition) is 8. The molecule has 1 aliphatic carbocycles. The number of pyridine rings is 1. The molecule has 5 aromatic heterocycles. The first-order valence-corrected chi connectivity index (χ1v) is 14.1. The molecule has 13 heteroatoms. The second-order valence-electron chi connectivity index (χ2n) is 12.1. The zero-order valence-electron chi connectivity index (χ0n) is 24.3. The summed E-state index contributed by atoms with van der Waals surface area (Å²) in [6, 6.07) is 5.24. The summed E-state index contributed by atoms with van der Waals surface area (Å²) >= 11 is 0. The van der Waals surface area contributed by atoms with Crippen LogP contribution < -0.4 is 16.4 Å². The SMILES string of the molecule is CN1CCn2nc(Nc3nc(-c4ccnc(-n5ccn6c7c(cc6c5=O)CC(C)(C)C7)c4CO)cn(C)c3=O)cc2C1=O. The van der Waals surface area contributed by atoms with Crippen LogP contribution >= 0.6 is 0 Å². The summed E-state index contributed by atoms with van der Waals surface area (Å²) in [5.74, 6) is 0.451. The van der Waals surface area contributed by atoms with Crippen molar-refractivity contribution in [1.82, 2.24) is 38.2 Å². The van der Waals surface area contributed by atoms with Crippen LogP contribution in [0.25, 0.3) is 22.6 Å². The second kappa shape index (κ2) is 9.49. The van der Waals surface area contributed by atoms with E-state index in [0.29, 0.717) is 46.9 Å². The van der Waals surface area contributed by atoms with E-state index in [1.807, 2.05) is 16.7 Å². The van der Waals surface area contributed by atoms with Gasteiger partial charge in [0.05, 0.1) is 18.8 Å². The highest BCUT2D eigenvalue weighted by atomic mass is 16.3. The van der Waals surface area contributed by atoms with E-state index in [0.717, 1.165) is 18.5 Å². The van der Waals surface area contributed by atoms with Crippen molar-refractivity contribution < 1.29 is 9.90 Å². The molecule has 0 spiro atoms. The minimum absolute atomic E-state index is 0.00251. The second-order valence-corrected chi connectivity index (χ2v) is 12.1. The van der Waals surface area contributed by atoms with Crippen LogP contribution in [0.5, 0.6) is 0 Å². The number of anilines is 2. The largest absolute Gasteiger partial charge is 0.392 e. The van der Waals surface area contributed by atoms with E-state index in [4.69, 9.17) is 0 Å². The van der Waals surface area contributed by atoms with Crippen molar-refractivity contribution >= 4 is 23.1 Å². The summed E-state index contributed by atoms with van der Waals surface area (Å²) in [5, 5.41) is 17.9. The third-order valence-electron chi connectivity index (χ3n) is 8.36. The van der Waals surface area contributed by atoms with E-state index in [1.54, 1.807) is 54.4 Å². The molecule has 0 radical (unpaired) electrons. The van der Waals surface area contributed by atoms with E-state index in [2.05, 4.69) is 34.2 Å². The first-order chi connectivity index (χ1) is 20.5. The number of carbonyl (C=O) groups excluding carboxylic acids is 1. The Kier molecular flexibility index (Phi) is 5.92. The third kappa shape index (κ3) is 4.26. The number of aliphatic hydroxyl groups is 1. The number of fused-ring (bicyclic) bond motifs is 4. The van der Waals surface area contributed by atoms with Crippen LogP contribution in [0.15, 0.2) is 52.6 Å². The molecule has 0 atom stereocenters.